The minimum atomic E-state index is -0.685. The van der Waals surface area contributed by atoms with E-state index in [0.717, 1.165) is 36.3 Å². The van der Waals surface area contributed by atoms with Gasteiger partial charge in [-0.05, 0) is 51.1 Å². The van der Waals surface area contributed by atoms with E-state index in [4.69, 9.17) is 21.2 Å². The van der Waals surface area contributed by atoms with Crippen LogP contribution in [0, 0.1) is 23.0 Å². The van der Waals surface area contributed by atoms with Gasteiger partial charge in [0.05, 0.1) is 33.4 Å². The van der Waals surface area contributed by atoms with Crippen molar-refractivity contribution in [2.75, 3.05) is 31.7 Å². The molecule has 2 aromatic carbocycles. The average Bonchev–Trinajstić information content (AvgIpc) is 3.74. The van der Waals surface area contributed by atoms with Crippen LogP contribution in [0.5, 0.6) is 6.01 Å². The second-order valence-corrected chi connectivity index (χ2v) is 12.8. The molecule has 1 saturated heterocycles. The Morgan fingerprint density at radius 3 is 2.79 bits per heavy atom. The Labute approximate surface area is 270 Å². The zero-order valence-corrected chi connectivity index (χ0v) is 26.2. The van der Waals surface area contributed by atoms with E-state index in [2.05, 4.69) is 26.0 Å². The van der Waals surface area contributed by atoms with Crippen molar-refractivity contribution in [1.29, 1.82) is 5.26 Å². The Morgan fingerprint density at radius 1 is 1.17 bits per heavy atom. The molecule has 11 nitrogen and oxygen atoms in total. The van der Waals surface area contributed by atoms with E-state index in [1.807, 2.05) is 24.6 Å². The molecule has 0 bridgehead atoms. The number of likely N-dealkylation sites (N-methyl/N-ethyl adjacent to an activating group) is 1. The number of nitrogen functional groups attached to an aromatic ring is 2. The molecule has 6 heterocycles. The number of halogens is 2. The number of fused-ring (bicyclic) bond motifs is 1. The molecule has 8 rings (SSSR count). The lowest BCUT2D eigenvalue weighted by Crippen LogP contribution is -2.30. The normalized spacial score (nSPS) is 16.1. The Kier molecular flexibility index (Phi) is 6.71. The topological polar surface area (TPSA) is 149 Å². The lowest BCUT2D eigenvalue weighted by Gasteiger charge is -2.21. The lowest BCUT2D eigenvalue weighted by atomic mass is 9.94. The lowest BCUT2D eigenvalue weighted by molar-refractivity contribution is 0.188. The Morgan fingerprint density at radius 2 is 2.02 bits per heavy atom. The zero-order valence-electron chi connectivity index (χ0n) is 25.4. The molecule has 5 aromatic heterocycles. The van der Waals surface area contributed by atoms with Gasteiger partial charge in [0.1, 0.15) is 34.8 Å². The van der Waals surface area contributed by atoms with Gasteiger partial charge in [-0.15, -0.1) is 11.3 Å². The smallest absolute Gasteiger partial charge is 0.319 e. The van der Waals surface area contributed by atoms with Crippen LogP contribution in [0.3, 0.4) is 0 Å². The second kappa shape index (κ2) is 10.9. The van der Waals surface area contributed by atoms with Crippen LogP contribution >= 0.6 is 11.3 Å². The molecule has 0 aliphatic carbocycles. The maximum atomic E-state index is 17.3. The summed E-state index contributed by atoms with van der Waals surface area (Å²) >= 11 is 0.954. The van der Waals surface area contributed by atoms with Crippen molar-refractivity contribution in [1.82, 2.24) is 34.0 Å². The minimum absolute atomic E-state index is 0.00623. The van der Waals surface area contributed by atoms with Crippen LogP contribution in [-0.2, 0) is 0 Å². The van der Waals surface area contributed by atoms with Crippen molar-refractivity contribution < 1.29 is 13.5 Å². The summed E-state index contributed by atoms with van der Waals surface area (Å²) in [5, 5.41) is 15.8. The number of ether oxygens (including phenoxy) is 1. The molecule has 0 saturated carbocycles. The average molecular weight is 651 g/mol. The standard InChI is InChI=1S/C33H28F2N10OS/c1-16(18-6-3-9-39-30(18)37)44-11-12-45-28-21(14-40-45)23(19-7-8-22(34)29-24(19)20(13-36)31(38)47-29)26(35)27-25(28)32(44)42-33(41-27)46-15-17-5-4-10-43(17)2/h3,6-9,11-12,14,16-17H,4-5,10,15,38H2,1-2H3,(H2,37,39)/t16-,17-/m0/s1. The number of likely N-dealkylation sites (tertiary alicyclic amines) is 1. The molecule has 1 aliphatic rings. The van der Waals surface area contributed by atoms with Gasteiger partial charge in [0, 0.05) is 46.5 Å². The van der Waals surface area contributed by atoms with Crippen LogP contribution in [0.25, 0.3) is 48.7 Å². The number of nitriles is 1. The Balaban J connectivity index is 1.46. The van der Waals surface area contributed by atoms with Gasteiger partial charge in [0.15, 0.2) is 11.5 Å². The van der Waals surface area contributed by atoms with Crippen LogP contribution in [0.2, 0.25) is 0 Å². The fraction of sp³-hybridized carbons (Fsp3) is 0.242. The van der Waals surface area contributed by atoms with Gasteiger partial charge in [0.2, 0.25) is 0 Å². The summed E-state index contributed by atoms with van der Waals surface area (Å²) in [7, 11) is 2.04. The summed E-state index contributed by atoms with van der Waals surface area (Å²) in [6, 6.07) is 8.30. The van der Waals surface area contributed by atoms with E-state index < -0.39 is 11.6 Å². The van der Waals surface area contributed by atoms with Gasteiger partial charge in [-0.1, -0.05) is 12.1 Å². The largest absolute Gasteiger partial charge is 0.462 e. The van der Waals surface area contributed by atoms with Crippen molar-refractivity contribution >= 4 is 59.7 Å². The van der Waals surface area contributed by atoms with Gasteiger partial charge in [-0.25, -0.2) is 18.3 Å². The number of benzene rings is 2. The summed E-state index contributed by atoms with van der Waals surface area (Å²) in [5.74, 6) is -0.875. The Hall–Kier alpha value is -5.39. The summed E-state index contributed by atoms with van der Waals surface area (Å²) in [6.07, 6.45) is 8.76. The highest BCUT2D eigenvalue weighted by Gasteiger charge is 2.29. The number of rotatable bonds is 6. The molecule has 1 aliphatic heterocycles. The molecular weight excluding hydrogens is 622 g/mol. The van der Waals surface area contributed by atoms with Gasteiger partial charge in [-0.3, -0.25) is 0 Å². The number of aromatic nitrogens is 6. The van der Waals surface area contributed by atoms with E-state index in [-0.39, 0.29) is 49.8 Å². The first-order valence-electron chi connectivity index (χ1n) is 15.1. The van der Waals surface area contributed by atoms with Gasteiger partial charge >= 0.3 is 6.01 Å². The van der Waals surface area contributed by atoms with E-state index in [0.29, 0.717) is 39.9 Å². The van der Waals surface area contributed by atoms with Crippen LogP contribution in [0.1, 0.15) is 36.9 Å². The highest BCUT2D eigenvalue weighted by Crippen LogP contribution is 2.46. The van der Waals surface area contributed by atoms with Crippen molar-refractivity contribution in [2.24, 2.45) is 0 Å². The molecule has 7 aromatic rings. The van der Waals surface area contributed by atoms with Crippen LogP contribution in [0.4, 0.5) is 19.6 Å². The number of hydrogen-bond donors (Lipinski definition) is 2. The number of anilines is 2. The zero-order chi connectivity index (χ0) is 32.6. The first-order chi connectivity index (χ1) is 22.8. The number of nitrogens with zero attached hydrogens (tertiary/aromatic N) is 8. The number of nitrogens with two attached hydrogens (primary N) is 2. The molecule has 0 unspecified atom stereocenters. The molecule has 2 atom stereocenters. The third kappa shape index (κ3) is 4.38. The van der Waals surface area contributed by atoms with Gasteiger partial charge in [-0.2, -0.15) is 20.3 Å². The molecule has 4 N–H and O–H groups in total. The molecule has 0 radical (unpaired) electrons. The highest BCUT2D eigenvalue weighted by atomic mass is 32.1. The number of hydrogen-bond acceptors (Lipinski definition) is 10. The SMILES string of the molecule is C[C@@H](c1cccnc1N)n1ccn2ncc3c(-c4ccc(F)c5sc(N)c(C#N)c45)c(F)c4nc(OC[C@@H]5CCCN5C)nc1c4c32. The van der Waals surface area contributed by atoms with Crippen LogP contribution < -0.4 is 16.2 Å². The monoisotopic (exact) mass is 650 g/mol. The Bertz CT molecular complexity index is 2430. The molecule has 0 amide bonds. The molecule has 236 valence electrons. The number of thiophene rings is 1. The maximum absolute atomic E-state index is 17.3. The van der Waals surface area contributed by atoms with Gasteiger partial charge in [0.25, 0.3) is 0 Å². The first-order valence-corrected chi connectivity index (χ1v) is 15.9. The van der Waals surface area contributed by atoms with E-state index >= 15 is 8.78 Å². The van der Waals surface area contributed by atoms with Crippen molar-refractivity contribution in [3.63, 3.8) is 0 Å². The molecule has 1 fully saturated rings. The van der Waals surface area contributed by atoms with Crippen molar-refractivity contribution in [3.05, 3.63) is 71.8 Å². The van der Waals surface area contributed by atoms with E-state index in [1.165, 1.54) is 12.1 Å². The molecule has 0 spiro atoms. The van der Waals surface area contributed by atoms with Crippen LogP contribution in [0.15, 0.2) is 49.1 Å². The minimum Gasteiger partial charge on any atom is -0.462 e. The maximum Gasteiger partial charge on any atom is 0.319 e. The predicted molar refractivity (Wildman–Crippen MR) is 177 cm³/mol. The fourth-order valence-electron chi connectivity index (χ4n) is 6.79. The van der Waals surface area contributed by atoms with Crippen molar-refractivity contribution in [3.8, 4) is 23.2 Å². The van der Waals surface area contributed by atoms with Crippen molar-refractivity contribution in [2.45, 2.75) is 31.8 Å². The first kappa shape index (κ1) is 29.0. The summed E-state index contributed by atoms with van der Waals surface area (Å²) < 4.78 is 42.3. The van der Waals surface area contributed by atoms with Crippen LogP contribution in [-0.4, -0.2) is 60.3 Å². The van der Waals surface area contributed by atoms with E-state index in [9.17, 15) is 5.26 Å². The molecular formula is C33H28F2N10OS. The second-order valence-electron chi connectivity index (χ2n) is 11.8. The third-order valence-corrected chi connectivity index (χ3v) is 10.3. The highest BCUT2D eigenvalue weighted by molar-refractivity contribution is 7.23. The third-order valence-electron chi connectivity index (χ3n) is 9.23. The summed E-state index contributed by atoms with van der Waals surface area (Å²) in [4.78, 5) is 16.0. The molecule has 47 heavy (non-hydrogen) atoms. The quantitative estimate of drug-likeness (QED) is 0.224. The summed E-state index contributed by atoms with van der Waals surface area (Å²) in [6.45, 7) is 3.25. The van der Waals surface area contributed by atoms with Gasteiger partial charge < -0.3 is 25.7 Å². The predicted octanol–water partition coefficient (Wildman–Crippen LogP) is 5.91. The summed E-state index contributed by atoms with van der Waals surface area (Å²) in [5.41, 5.74) is 14.6. The fourth-order valence-corrected chi connectivity index (χ4v) is 7.73. The van der Waals surface area contributed by atoms with E-state index in [1.54, 1.807) is 35.4 Å². The molecule has 14 heteroatoms. The number of pyridine rings is 1.